The lowest BCUT2D eigenvalue weighted by atomic mass is 9.87. The van der Waals surface area contributed by atoms with Gasteiger partial charge in [0.1, 0.15) is 0 Å². The van der Waals surface area contributed by atoms with Crippen molar-refractivity contribution in [2.45, 2.75) is 31.2 Å². The second-order valence-corrected chi connectivity index (χ2v) is 7.65. The third-order valence-electron chi connectivity index (χ3n) is 5.48. The van der Waals surface area contributed by atoms with Crippen LogP contribution in [0.3, 0.4) is 0 Å². The Labute approximate surface area is 179 Å². The Kier molecular flexibility index (Phi) is 7.69. The molecule has 2 aromatic rings. The summed E-state index contributed by atoms with van der Waals surface area (Å²) in [6, 6.07) is 12.6. The van der Waals surface area contributed by atoms with E-state index in [1.807, 2.05) is 24.3 Å². The maximum absolute atomic E-state index is 13.5. The summed E-state index contributed by atoms with van der Waals surface area (Å²) >= 11 is 0. The predicted molar refractivity (Wildman–Crippen MR) is 111 cm³/mol. The highest BCUT2D eigenvalue weighted by atomic mass is 19.4. The minimum Gasteiger partial charge on any atom is -0.389 e. The molecule has 0 fully saturated rings. The summed E-state index contributed by atoms with van der Waals surface area (Å²) in [6.45, 7) is 0.748. The van der Waals surface area contributed by atoms with Crippen LogP contribution in [-0.4, -0.2) is 55.4 Å². The Balaban J connectivity index is 1.83. The van der Waals surface area contributed by atoms with Crippen molar-refractivity contribution in [3.8, 4) is 0 Å². The molecule has 1 aliphatic heterocycles. The van der Waals surface area contributed by atoms with E-state index in [0.29, 0.717) is 13.0 Å². The Bertz CT molecular complexity index is 888. The van der Waals surface area contributed by atoms with Crippen LogP contribution in [0.5, 0.6) is 0 Å². The van der Waals surface area contributed by atoms with Gasteiger partial charge in [-0.1, -0.05) is 42.5 Å². The number of nitrogens with zero attached hydrogens (tertiary/aromatic N) is 1. The number of alkyl halides is 3. The molecule has 0 radical (unpaired) electrons. The number of ether oxygens (including phenoxy) is 1. The van der Waals surface area contributed by atoms with Gasteiger partial charge in [-0.25, -0.2) is 0 Å². The number of hydrogen-bond acceptors (Lipinski definition) is 4. The van der Waals surface area contributed by atoms with E-state index in [9.17, 15) is 23.1 Å². The summed E-state index contributed by atoms with van der Waals surface area (Å²) in [7, 11) is 1.48. The van der Waals surface area contributed by atoms with E-state index >= 15 is 0 Å². The summed E-state index contributed by atoms with van der Waals surface area (Å²) in [6.07, 6.45) is -4.48. The number of carbonyl (C=O) groups excluding carboxylic acids is 1. The van der Waals surface area contributed by atoms with Gasteiger partial charge in [-0.05, 0) is 35.6 Å². The number of benzene rings is 2. The van der Waals surface area contributed by atoms with Gasteiger partial charge in [0, 0.05) is 20.2 Å². The van der Waals surface area contributed by atoms with Gasteiger partial charge in [-0.3, -0.25) is 4.79 Å². The van der Waals surface area contributed by atoms with E-state index in [2.05, 4.69) is 5.32 Å². The Morgan fingerprint density at radius 2 is 1.94 bits per heavy atom. The zero-order valence-electron chi connectivity index (χ0n) is 17.4. The number of nitrogens with one attached hydrogen (secondary N) is 1. The van der Waals surface area contributed by atoms with Crippen molar-refractivity contribution in [2.75, 3.05) is 33.4 Å². The normalized spacial score (nSPS) is 17.3. The molecular weight excluding hydrogens is 409 g/mol. The summed E-state index contributed by atoms with van der Waals surface area (Å²) in [5.41, 5.74) is 1.41. The Morgan fingerprint density at radius 3 is 2.68 bits per heavy atom. The highest BCUT2D eigenvalue weighted by Gasteiger charge is 2.36. The zero-order chi connectivity index (χ0) is 22.4. The number of fused-ring (bicyclic) bond motifs is 1. The Morgan fingerprint density at radius 1 is 1.23 bits per heavy atom. The van der Waals surface area contributed by atoms with Crippen molar-refractivity contribution < 1.29 is 27.8 Å². The third-order valence-corrected chi connectivity index (χ3v) is 5.48. The van der Waals surface area contributed by atoms with E-state index in [4.69, 9.17) is 4.74 Å². The monoisotopic (exact) mass is 436 g/mol. The molecule has 0 spiro atoms. The molecule has 0 aromatic heterocycles. The van der Waals surface area contributed by atoms with Gasteiger partial charge < -0.3 is 20.1 Å². The van der Waals surface area contributed by atoms with E-state index in [-0.39, 0.29) is 37.6 Å². The second-order valence-electron chi connectivity index (χ2n) is 7.65. The molecule has 0 saturated carbocycles. The molecule has 0 saturated heterocycles. The molecule has 0 aliphatic carbocycles. The van der Waals surface area contributed by atoms with Crippen molar-refractivity contribution in [3.63, 3.8) is 0 Å². The number of halogens is 3. The van der Waals surface area contributed by atoms with Gasteiger partial charge in [0.25, 0.3) is 0 Å². The number of methoxy groups -OCH3 is 1. The lowest BCUT2D eigenvalue weighted by Crippen LogP contribution is -2.46. The molecule has 168 valence electrons. The van der Waals surface area contributed by atoms with Crippen LogP contribution in [0.4, 0.5) is 13.2 Å². The molecule has 0 bridgehead atoms. The van der Waals surface area contributed by atoms with Gasteiger partial charge in [-0.2, -0.15) is 13.2 Å². The molecule has 1 amide bonds. The van der Waals surface area contributed by atoms with Crippen LogP contribution in [0.2, 0.25) is 0 Å². The summed E-state index contributed by atoms with van der Waals surface area (Å²) < 4.78 is 45.5. The molecule has 5 nitrogen and oxygen atoms in total. The van der Waals surface area contributed by atoms with E-state index in [0.717, 1.165) is 17.2 Å². The van der Waals surface area contributed by atoms with Crippen LogP contribution in [-0.2, 0) is 28.5 Å². The maximum Gasteiger partial charge on any atom is 0.416 e. The third kappa shape index (κ3) is 5.84. The van der Waals surface area contributed by atoms with Crippen LogP contribution >= 0.6 is 0 Å². The summed E-state index contributed by atoms with van der Waals surface area (Å²) in [4.78, 5) is 14.6. The maximum atomic E-state index is 13.5. The van der Waals surface area contributed by atoms with Crippen LogP contribution in [0.1, 0.15) is 28.3 Å². The fourth-order valence-electron chi connectivity index (χ4n) is 4.05. The van der Waals surface area contributed by atoms with Gasteiger partial charge >= 0.3 is 6.18 Å². The molecule has 2 aromatic carbocycles. The average Bonchev–Trinajstić information content (AvgIpc) is 2.73. The average molecular weight is 436 g/mol. The standard InChI is InChI=1S/C23H27F3N2O3/c1-31-15-18(29)13-27-14-22(30)28-11-10-16-6-2-4-8-19(16)21(28)12-17-7-3-5-9-20(17)23(24,25)26/h2-9,18,21,27,29H,10-15H2,1H3/t18?,21-/m0/s1. The van der Waals surface area contributed by atoms with Gasteiger partial charge in [-0.15, -0.1) is 0 Å². The van der Waals surface area contributed by atoms with Crippen molar-refractivity contribution >= 4 is 5.91 Å². The fourth-order valence-corrected chi connectivity index (χ4v) is 4.05. The van der Waals surface area contributed by atoms with Gasteiger partial charge in [0.15, 0.2) is 0 Å². The van der Waals surface area contributed by atoms with E-state index in [1.54, 1.807) is 11.0 Å². The first-order valence-corrected chi connectivity index (χ1v) is 10.2. The van der Waals surface area contributed by atoms with E-state index in [1.165, 1.54) is 19.2 Å². The quantitative estimate of drug-likeness (QED) is 0.668. The number of rotatable bonds is 8. The van der Waals surface area contributed by atoms with Crippen LogP contribution in [0.25, 0.3) is 0 Å². The zero-order valence-corrected chi connectivity index (χ0v) is 17.4. The first-order valence-electron chi connectivity index (χ1n) is 10.2. The van der Waals surface area contributed by atoms with Crippen LogP contribution in [0.15, 0.2) is 48.5 Å². The number of carbonyl (C=O) groups is 1. The molecule has 1 aliphatic rings. The molecule has 1 unspecified atom stereocenters. The van der Waals surface area contributed by atoms with Gasteiger partial charge in [0.05, 0.1) is 30.9 Å². The molecule has 2 atom stereocenters. The highest BCUT2D eigenvalue weighted by Crippen LogP contribution is 2.37. The van der Waals surface area contributed by atoms with Crippen molar-refractivity contribution in [1.29, 1.82) is 0 Å². The summed E-state index contributed by atoms with van der Waals surface area (Å²) in [5, 5.41) is 12.6. The molecule has 3 rings (SSSR count). The molecular formula is C23H27F3N2O3. The molecule has 31 heavy (non-hydrogen) atoms. The first kappa shape index (κ1) is 23.2. The van der Waals surface area contributed by atoms with Crippen molar-refractivity contribution in [2.24, 2.45) is 0 Å². The minimum atomic E-state index is -4.46. The SMILES string of the molecule is COCC(O)CNCC(=O)N1CCc2ccccc2[C@@H]1Cc1ccccc1C(F)(F)F. The number of aliphatic hydroxyl groups excluding tert-OH is 1. The Hall–Kier alpha value is -2.42. The predicted octanol–water partition coefficient (Wildman–Crippen LogP) is 2.97. The second kappa shape index (κ2) is 10.3. The van der Waals surface area contributed by atoms with Crippen LogP contribution in [0, 0.1) is 0 Å². The van der Waals surface area contributed by atoms with E-state index < -0.39 is 23.9 Å². The largest absolute Gasteiger partial charge is 0.416 e. The van der Waals surface area contributed by atoms with Crippen LogP contribution < -0.4 is 5.32 Å². The molecule has 8 heteroatoms. The van der Waals surface area contributed by atoms with Crippen molar-refractivity contribution in [3.05, 3.63) is 70.8 Å². The van der Waals surface area contributed by atoms with Gasteiger partial charge in [0.2, 0.25) is 5.91 Å². The molecule has 2 N–H and O–H groups in total. The summed E-state index contributed by atoms with van der Waals surface area (Å²) in [5.74, 6) is -0.214. The smallest absolute Gasteiger partial charge is 0.389 e. The number of aliphatic hydroxyl groups is 1. The lowest BCUT2D eigenvalue weighted by Gasteiger charge is -2.38. The number of hydrogen-bond donors (Lipinski definition) is 2. The first-order chi connectivity index (χ1) is 14.8. The highest BCUT2D eigenvalue weighted by molar-refractivity contribution is 5.79. The fraction of sp³-hybridized carbons (Fsp3) is 0.435. The number of amides is 1. The molecule has 1 heterocycles. The lowest BCUT2D eigenvalue weighted by molar-refractivity contribution is -0.138. The van der Waals surface area contributed by atoms with Crippen molar-refractivity contribution in [1.82, 2.24) is 10.2 Å². The topological polar surface area (TPSA) is 61.8 Å². The minimum absolute atomic E-state index is 0.0135.